The number of nitrogens with one attached hydrogen (secondary N) is 1. The summed E-state index contributed by atoms with van der Waals surface area (Å²) in [5.41, 5.74) is 3.00. The van der Waals surface area contributed by atoms with E-state index in [4.69, 9.17) is 17.0 Å². The second-order valence-electron chi connectivity index (χ2n) is 4.74. The number of hydrogen-bond donors (Lipinski definition) is 1. The third-order valence-corrected chi connectivity index (χ3v) is 4.04. The molecule has 0 aliphatic heterocycles. The zero-order valence-electron chi connectivity index (χ0n) is 11.6. The predicted molar refractivity (Wildman–Crippen MR) is 91.9 cm³/mol. The highest BCUT2D eigenvalue weighted by atomic mass is 79.9. The van der Waals surface area contributed by atoms with Gasteiger partial charge in [-0.3, -0.25) is 4.57 Å². The number of fused-ring (bicyclic) bond motifs is 1. The molecule has 3 nitrogen and oxygen atoms in total. The summed E-state index contributed by atoms with van der Waals surface area (Å²) in [5.74, 6) is 0.844. The molecule has 1 N–H and O–H groups in total. The van der Waals surface area contributed by atoms with Crippen molar-refractivity contribution in [3.05, 3.63) is 51.7 Å². The summed E-state index contributed by atoms with van der Waals surface area (Å²) >= 11 is 8.93. The summed E-state index contributed by atoms with van der Waals surface area (Å²) in [6.45, 7) is 2.79. The van der Waals surface area contributed by atoms with Crippen molar-refractivity contribution in [3.8, 4) is 11.4 Å². The zero-order valence-corrected chi connectivity index (χ0v) is 14.0. The first-order valence-electron chi connectivity index (χ1n) is 6.83. The van der Waals surface area contributed by atoms with Crippen LogP contribution >= 0.6 is 28.1 Å². The summed E-state index contributed by atoms with van der Waals surface area (Å²) in [6.07, 6.45) is 0.977. The molecule has 0 saturated heterocycles. The van der Waals surface area contributed by atoms with Crippen LogP contribution in [0.4, 0.5) is 0 Å². The highest BCUT2D eigenvalue weighted by Crippen LogP contribution is 2.27. The second-order valence-corrected chi connectivity index (χ2v) is 6.04. The van der Waals surface area contributed by atoms with E-state index >= 15 is 0 Å². The molecule has 3 rings (SSSR count). The number of imidazole rings is 1. The highest BCUT2D eigenvalue weighted by molar-refractivity contribution is 9.10. The Kier molecular flexibility index (Phi) is 4.12. The van der Waals surface area contributed by atoms with Crippen LogP contribution in [0.15, 0.2) is 46.9 Å². The van der Waals surface area contributed by atoms with E-state index in [0.29, 0.717) is 11.4 Å². The Morgan fingerprint density at radius 3 is 2.67 bits per heavy atom. The maximum Gasteiger partial charge on any atom is 0.182 e. The van der Waals surface area contributed by atoms with Gasteiger partial charge in [0, 0.05) is 10.2 Å². The van der Waals surface area contributed by atoms with Gasteiger partial charge in [0.25, 0.3) is 0 Å². The summed E-state index contributed by atoms with van der Waals surface area (Å²) < 4.78 is 9.53. The van der Waals surface area contributed by atoms with Gasteiger partial charge < -0.3 is 9.72 Å². The van der Waals surface area contributed by atoms with Gasteiger partial charge in [0.05, 0.1) is 12.1 Å². The van der Waals surface area contributed by atoms with Gasteiger partial charge in [0.1, 0.15) is 11.3 Å². The molecule has 0 radical (unpaired) electrons. The summed E-state index contributed by atoms with van der Waals surface area (Å²) in [7, 11) is 0. The number of aromatic amines is 1. The van der Waals surface area contributed by atoms with Gasteiger partial charge in [-0.2, -0.15) is 0 Å². The molecule has 0 spiro atoms. The van der Waals surface area contributed by atoms with Crippen molar-refractivity contribution in [1.29, 1.82) is 0 Å². The van der Waals surface area contributed by atoms with Gasteiger partial charge in [-0.1, -0.05) is 28.9 Å². The molecular formula is C16H15BrN2OS. The lowest BCUT2D eigenvalue weighted by atomic mass is 10.2. The molecule has 1 aromatic heterocycles. The Hall–Kier alpha value is -1.59. The van der Waals surface area contributed by atoms with Crippen molar-refractivity contribution in [1.82, 2.24) is 9.55 Å². The molecule has 21 heavy (non-hydrogen) atoms. The first-order valence-corrected chi connectivity index (χ1v) is 8.03. The lowest BCUT2D eigenvalue weighted by Gasteiger charge is -2.07. The lowest BCUT2D eigenvalue weighted by molar-refractivity contribution is 0.320. The molecule has 0 bridgehead atoms. The maximum absolute atomic E-state index is 5.79. The van der Waals surface area contributed by atoms with Crippen molar-refractivity contribution in [2.24, 2.45) is 0 Å². The molecule has 108 valence electrons. The topological polar surface area (TPSA) is 29.9 Å². The first-order chi connectivity index (χ1) is 10.2. The quantitative estimate of drug-likeness (QED) is 0.643. The van der Waals surface area contributed by atoms with Gasteiger partial charge in [0.15, 0.2) is 4.77 Å². The molecule has 0 saturated carbocycles. The minimum Gasteiger partial charge on any atom is -0.491 e. The van der Waals surface area contributed by atoms with Gasteiger partial charge in [-0.05, 0) is 55.0 Å². The fourth-order valence-corrected chi connectivity index (χ4v) is 2.85. The third kappa shape index (κ3) is 2.76. The van der Waals surface area contributed by atoms with Gasteiger partial charge in [-0.15, -0.1) is 0 Å². The molecule has 1 heterocycles. The van der Waals surface area contributed by atoms with Gasteiger partial charge in [0.2, 0.25) is 0 Å². The monoisotopic (exact) mass is 362 g/mol. The average Bonchev–Trinajstić information content (AvgIpc) is 2.83. The van der Waals surface area contributed by atoms with Crippen LogP contribution < -0.4 is 4.74 Å². The van der Waals surface area contributed by atoms with Crippen molar-refractivity contribution in [2.75, 3.05) is 6.61 Å². The number of rotatable bonds is 4. The molecule has 0 atom stereocenters. The third-order valence-electron chi connectivity index (χ3n) is 3.23. The van der Waals surface area contributed by atoms with Crippen LogP contribution in [0.3, 0.4) is 0 Å². The number of hydrogen-bond acceptors (Lipinski definition) is 2. The molecule has 3 aromatic rings. The van der Waals surface area contributed by atoms with Crippen molar-refractivity contribution in [3.63, 3.8) is 0 Å². The van der Waals surface area contributed by atoms with E-state index in [1.165, 1.54) is 0 Å². The molecule has 0 fully saturated rings. The van der Waals surface area contributed by atoms with E-state index in [2.05, 4.69) is 27.8 Å². The highest BCUT2D eigenvalue weighted by Gasteiger charge is 2.10. The average molecular weight is 363 g/mol. The number of aromatic nitrogens is 2. The SMILES string of the molecule is CCCOc1cccc2c1[nH]c(=S)n2-c1ccc(Br)cc1. The minimum atomic E-state index is 0.667. The van der Waals surface area contributed by atoms with Gasteiger partial charge >= 0.3 is 0 Å². The molecule has 0 unspecified atom stereocenters. The summed E-state index contributed by atoms with van der Waals surface area (Å²) in [5, 5.41) is 0. The summed E-state index contributed by atoms with van der Waals surface area (Å²) in [4.78, 5) is 3.26. The Morgan fingerprint density at radius 1 is 1.19 bits per heavy atom. The van der Waals surface area contributed by atoms with Crippen LogP contribution in [0.25, 0.3) is 16.7 Å². The van der Waals surface area contributed by atoms with E-state index in [-0.39, 0.29) is 0 Å². The molecule has 0 aliphatic carbocycles. The van der Waals surface area contributed by atoms with E-state index in [1.807, 2.05) is 47.0 Å². The Bertz CT molecular complexity index is 820. The number of H-pyrrole nitrogens is 1. The van der Waals surface area contributed by atoms with E-state index in [1.54, 1.807) is 0 Å². The first kappa shape index (κ1) is 14.4. The smallest absolute Gasteiger partial charge is 0.182 e. The normalized spacial score (nSPS) is 11.0. The maximum atomic E-state index is 5.79. The fraction of sp³-hybridized carbons (Fsp3) is 0.188. The van der Waals surface area contributed by atoms with Crippen LogP contribution in [0.2, 0.25) is 0 Å². The predicted octanol–water partition coefficient (Wildman–Crippen LogP) is 5.24. The standard InChI is InChI=1S/C16H15BrN2OS/c1-2-10-20-14-5-3-4-13-15(14)18-16(21)19(13)12-8-6-11(17)7-9-12/h3-9H,2,10H2,1H3,(H,18,21). The van der Waals surface area contributed by atoms with Crippen LogP contribution in [-0.2, 0) is 0 Å². The van der Waals surface area contributed by atoms with Crippen LogP contribution in [-0.4, -0.2) is 16.2 Å². The Labute approximate surface area is 136 Å². The molecular weight excluding hydrogens is 348 g/mol. The van der Waals surface area contributed by atoms with Crippen molar-refractivity contribution < 1.29 is 4.74 Å². The molecule has 2 aromatic carbocycles. The van der Waals surface area contributed by atoms with Crippen molar-refractivity contribution >= 4 is 39.2 Å². The Morgan fingerprint density at radius 2 is 1.95 bits per heavy atom. The number of halogens is 1. The van der Waals surface area contributed by atoms with E-state index in [0.717, 1.165) is 33.4 Å². The summed E-state index contributed by atoms with van der Waals surface area (Å²) in [6, 6.07) is 14.1. The largest absolute Gasteiger partial charge is 0.491 e. The fourth-order valence-electron chi connectivity index (χ4n) is 2.28. The lowest BCUT2D eigenvalue weighted by Crippen LogP contribution is -1.96. The number of benzene rings is 2. The van der Waals surface area contributed by atoms with E-state index in [9.17, 15) is 0 Å². The molecule has 0 aliphatic rings. The van der Waals surface area contributed by atoms with Crippen LogP contribution in [0.5, 0.6) is 5.75 Å². The van der Waals surface area contributed by atoms with Crippen molar-refractivity contribution in [2.45, 2.75) is 13.3 Å². The zero-order chi connectivity index (χ0) is 14.8. The number of para-hydroxylation sites is 1. The number of nitrogens with zero attached hydrogens (tertiary/aromatic N) is 1. The molecule has 5 heteroatoms. The second kappa shape index (κ2) is 6.03. The Balaban J connectivity index is 2.18. The number of ether oxygens (including phenoxy) is 1. The van der Waals surface area contributed by atoms with E-state index < -0.39 is 0 Å². The van der Waals surface area contributed by atoms with Crippen LogP contribution in [0, 0.1) is 4.77 Å². The van der Waals surface area contributed by atoms with Gasteiger partial charge in [-0.25, -0.2) is 0 Å². The molecule has 0 amide bonds. The van der Waals surface area contributed by atoms with Crippen LogP contribution in [0.1, 0.15) is 13.3 Å². The minimum absolute atomic E-state index is 0.667.